The molecular weight excluding hydrogens is 242 g/mol. The minimum absolute atomic E-state index is 0.326. The second-order valence-corrected chi connectivity index (χ2v) is 5.18. The Hall–Kier alpha value is -1.39. The van der Waals surface area contributed by atoms with Gasteiger partial charge in [-0.2, -0.15) is 0 Å². The van der Waals surface area contributed by atoms with Gasteiger partial charge in [0.1, 0.15) is 0 Å². The van der Waals surface area contributed by atoms with Gasteiger partial charge in [0, 0.05) is 20.2 Å². The first kappa shape index (κ1) is 14.0. The van der Waals surface area contributed by atoms with Crippen LogP contribution >= 0.6 is 0 Å². The smallest absolute Gasteiger partial charge is 0.335 e. The van der Waals surface area contributed by atoms with Crippen molar-refractivity contribution in [2.24, 2.45) is 0 Å². The molecule has 1 unspecified atom stereocenters. The molecule has 1 N–H and O–H groups in total. The van der Waals surface area contributed by atoms with E-state index < -0.39 is 5.97 Å². The van der Waals surface area contributed by atoms with E-state index in [0.29, 0.717) is 11.7 Å². The number of carbonyl (C=O) groups is 1. The van der Waals surface area contributed by atoms with Gasteiger partial charge < -0.3 is 9.84 Å². The van der Waals surface area contributed by atoms with Gasteiger partial charge in [-0.3, -0.25) is 4.90 Å². The van der Waals surface area contributed by atoms with Gasteiger partial charge in [-0.1, -0.05) is 6.07 Å². The molecule has 104 valence electrons. The van der Waals surface area contributed by atoms with E-state index in [1.165, 1.54) is 5.56 Å². The van der Waals surface area contributed by atoms with Gasteiger partial charge in [0.05, 0.1) is 11.7 Å². The Kier molecular flexibility index (Phi) is 4.56. The third kappa shape index (κ3) is 3.55. The lowest BCUT2D eigenvalue weighted by molar-refractivity contribution is 0.0285. The fourth-order valence-corrected chi connectivity index (χ4v) is 2.60. The van der Waals surface area contributed by atoms with Gasteiger partial charge in [-0.25, -0.2) is 4.79 Å². The average molecular weight is 263 g/mol. The number of aryl methyl sites for hydroxylation is 1. The molecule has 1 aromatic rings. The molecule has 0 saturated carbocycles. The summed E-state index contributed by atoms with van der Waals surface area (Å²) < 4.78 is 5.42. The predicted octanol–water partition coefficient (Wildman–Crippen LogP) is 2.30. The third-order valence-electron chi connectivity index (χ3n) is 3.78. The highest BCUT2D eigenvalue weighted by Gasteiger charge is 2.19. The molecule has 4 heteroatoms. The van der Waals surface area contributed by atoms with E-state index in [0.717, 1.165) is 38.0 Å². The van der Waals surface area contributed by atoms with Crippen LogP contribution in [-0.2, 0) is 11.3 Å². The molecule has 1 saturated heterocycles. The van der Waals surface area contributed by atoms with Crippen LogP contribution in [-0.4, -0.2) is 42.3 Å². The van der Waals surface area contributed by atoms with E-state index in [2.05, 4.69) is 4.90 Å². The Balaban J connectivity index is 2.04. The Morgan fingerprint density at radius 2 is 2.32 bits per heavy atom. The highest BCUT2D eigenvalue weighted by Crippen LogP contribution is 2.18. The topological polar surface area (TPSA) is 49.8 Å². The van der Waals surface area contributed by atoms with Crippen LogP contribution in [0.2, 0.25) is 0 Å². The number of rotatable bonds is 4. The first-order chi connectivity index (χ1) is 9.10. The molecule has 0 aromatic heterocycles. The van der Waals surface area contributed by atoms with Crippen molar-refractivity contribution in [1.29, 1.82) is 0 Å². The molecule has 1 fully saturated rings. The summed E-state index contributed by atoms with van der Waals surface area (Å²) in [6, 6.07) is 5.35. The lowest BCUT2D eigenvalue weighted by Crippen LogP contribution is -2.38. The van der Waals surface area contributed by atoms with Crippen LogP contribution in [0.25, 0.3) is 0 Å². The Morgan fingerprint density at radius 1 is 1.53 bits per heavy atom. The monoisotopic (exact) mass is 263 g/mol. The SMILES string of the molecule is COC1CCCN(Cc2ccc(C(=O)O)cc2C)C1. The maximum absolute atomic E-state index is 10.9. The summed E-state index contributed by atoms with van der Waals surface area (Å²) in [4.78, 5) is 13.3. The van der Waals surface area contributed by atoms with E-state index in [1.807, 2.05) is 13.0 Å². The molecule has 1 aliphatic heterocycles. The number of piperidine rings is 1. The molecule has 1 heterocycles. The van der Waals surface area contributed by atoms with Crippen LogP contribution in [0.15, 0.2) is 18.2 Å². The minimum atomic E-state index is -0.868. The number of benzene rings is 1. The molecule has 2 rings (SSSR count). The van der Waals surface area contributed by atoms with Gasteiger partial charge in [-0.05, 0) is 49.6 Å². The number of likely N-dealkylation sites (tertiary alicyclic amines) is 1. The number of nitrogens with zero attached hydrogens (tertiary/aromatic N) is 1. The van der Waals surface area contributed by atoms with Crippen LogP contribution in [0.1, 0.15) is 34.3 Å². The summed E-state index contributed by atoms with van der Waals surface area (Å²) in [5, 5.41) is 8.96. The summed E-state index contributed by atoms with van der Waals surface area (Å²) >= 11 is 0. The molecule has 0 radical (unpaired) electrons. The third-order valence-corrected chi connectivity index (χ3v) is 3.78. The summed E-state index contributed by atoms with van der Waals surface area (Å²) in [7, 11) is 1.76. The number of carboxylic acid groups (broad SMARTS) is 1. The zero-order chi connectivity index (χ0) is 13.8. The van der Waals surface area contributed by atoms with Crippen molar-refractivity contribution < 1.29 is 14.6 Å². The Morgan fingerprint density at radius 3 is 2.95 bits per heavy atom. The molecular formula is C15H21NO3. The highest BCUT2D eigenvalue weighted by molar-refractivity contribution is 5.87. The van der Waals surface area contributed by atoms with Crippen LogP contribution in [0.4, 0.5) is 0 Å². The van der Waals surface area contributed by atoms with Crippen molar-refractivity contribution in [2.45, 2.75) is 32.4 Å². The Labute approximate surface area is 114 Å². The van der Waals surface area contributed by atoms with E-state index in [4.69, 9.17) is 9.84 Å². The number of carboxylic acids is 1. The lowest BCUT2D eigenvalue weighted by Gasteiger charge is -2.32. The predicted molar refractivity (Wildman–Crippen MR) is 73.4 cm³/mol. The zero-order valence-corrected chi connectivity index (χ0v) is 11.6. The van der Waals surface area contributed by atoms with Crippen molar-refractivity contribution in [2.75, 3.05) is 20.2 Å². The summed E-state index contributed by atoms with van der Waals surface area (Å²) in [6.07, 6.45) is 2.61. The van der Waals surface area contributed by atoms with Crippen molar-refractivity contribution >= 4 is 5.97 Å². The lowest BCUT2D eigenvalue weighted by atomic mass is 10.0. The molecule has 4 nitrogen and oxygen atoms in total. The second-order valence-electron chi connectivity index (χ2n) is 5.18. The van der Waals surface area contributed by atoms with Crippen molar-refractivity contribution in [1.82, 2.24) is 4.90 Å². The number of hydrogen-bond donors (Lipinski definition) is 1. The summed E-state index contributed by atoms with van der Waals surface area (Å²) in [5.74, 6) is -0.868. The van der Waals surface area contributed by atoms with Gasteiger partial charge in [-0.15, -0.1) is 0 Å². The van der Waals surface area contributed by atoms with Crippen LogP contribution in [0.3, 0.4) is 0 Å². The maximum atomic E-state index is 10.9. The largest absolute Gasteiger partial charge is 0.478 e. The first-order valence-corrected chi connectivity index (χ1v) is 6.68. The van der Waals surface area contributed by atoms with Crippen molar-refractivity contribution in [3.8, 4) is 0 Å². The summed E-state index contributed by atoms with van der Waals surface area (Å²) in [6.45, 7) is 4.88. The fraction of sp³-hybridized carbons (Fsp3) is 0.533. The molecule has 19 heavy (non-hydrogen) atoms. The van der Waals surface area contributed by atoms with Gasteiger partial charge in [0.15, 0.2) is 0 Å². The van der Waals surface area contributed by atoms with E-state index >= 15 is 0 Å². The van der Waals surface area contributed by atoms with Crippen molar-refractivity contribution in [3.63, 3.8) is 0 Å². The van der Waals surface area contributed by atoms with Crippen LogP contribution in [0, 0.1) is 6.92 Å². The van der Waals surface area contributed by atoms with Gasteiger partial charge >= 0.3 is 5.97 Å². The second kappa shape index (κ2) is 6.17. The molecule has 0 bridgehead atoms. The quantitative estimate of drug-likeness (QED) is 0.905. The van der Waals surface area contributed by atoms with Gasteiger partial charge in [0.25, 0.3) is 0 Å². The molecule has 1 aliphatic rings. The molecule has 0 amide bonds. The van der Waals surface area contributed by atoms with E-state index in [9.17, 15) is 4.79 Å². The minimum Gasteiger partial charge on any atom is -0.478 e. The standard InChI is InChI=1S/C15H21NO3/c1-11-8-12(15(17)18)5-6-13(11)9-16-7-3-4-14(10-16)19-2/h5-6,8,14H,3-4,7,9-10H2,1-2H3,(H,17,18). The van der Waals surface area contributed by atoms with Crippen molar-refractivity contribution in [3.05, 3.63) is 34.9 Å². The number of aromatic carboxylic acids is 1. The summed E-state index contributed by atoms with van der Waals surface area (Å²) in [5.41, 5.74) is 2.59. The highest BCUT2D eigenvalue weighted by atomic mass is 16.5. The molecule has 1 atom stereocenters. The maximum Gasteiger partial charge on any atom is 0.335 e. The van der Waals surface area contributed by atoms with Crippen LogP contribution in [0.5, 0.6) is 0 Å². The zero-order valence-electron chi connectivity index (χ0n) is 11.6. The molecule has 0 spiro atoms. The average Bonchev–Trinajstić information content (AvgIpc) is 2.41. The van der Waals surface area contributed by atoms with E-state index in [1.54, 1.807) is 19.2 Å². The Bertz CT molecular complexity index is 459. The van der Waals surface area contributed by atoms with Gasteiger partial charge in [0.2, 0.25) is 0 Å². The molecule has 0 aliphatic carbocycles. The number of methoxy groups -OCH3 is 1. The number of hydrogen-bond acceptors (Lipinski definition) is 3. The molecule has 1 aromatic carbocycles. The normalized spacial score (nSPS) is 20.4. The first-order valence-electron chi connectivity index (χ1n) is 6.68. The van der Waals surface area contributed by atoms with Crippen LogP contribution < -0.4 is 0 Å². The fourth-order valence-electron chi connectivity index (χ4n) is 2.60. The van der Waals surface area contributed by atoms with E-state index in [-0.39, 0.29) is 0 Å². The number of ether oxygens (including phenoxy) is 1.